The molecule has 1 aliphatic rings. The van der Waals surface area contributed by atoms with Crippen molar-refractivity contribution in [2.75, 3.05) is 24.6 Å². The predicted molar refractivity (Wildman–Crippen MR) is 117 cm³/mol. The number of aromatic nitrogens is 4. The van der Waals surface area contributed by atoms with Crippen LogP contribution >= 0.6 is 0 Å². The number of benzene rings is 1. The van der Waals surface area contributed by atoms with Crippen molar-refractivity contribution >= 4 is 23.1 Å². The maximum Gasteiger partial charge on any atom is 0.333 e. The van der Waals surface area contributed by atoms with Crippen molar-refractivity contribution in [2.24, 2.45) is 13.0 Å². The van der Waals surface area contributed by atoms with Crippen molar-refractivity contribution in [3.63, 3.8) is 0 Å². The van der Waals surface area contributed by atoms with Crippen LogP contribution in [0.4, 0.5) is 5.95 Å². The molecule has 9 heteroatoms. The van der Waals surface area contributed by atoms with Gasteiger partial charge in [-0.1, -0.05) is 37.3 Å². The molecule has 0 unspecified atom stereocenters. The summed E-state index contributed by atoms with van der Waals surface area (Å²) in [5.41, 5.74) is 0.820. The van der Waals surface area contributed by atoms with E-state index < -0.39 is 23.8 Å². The summed E-state index contributed by atoms with van der Waals surface area (Å²) >= 11 is 0. The van der Waals surface area contributed by atoms with E-state index in [9.17, 15) is 14.4 Å². The first-order chi connectivity index (χ1) is 14.9. The Morgan fingerprint density at radius 3 is 2.65 bits per heavy atom. The largest absolute Gasteiger partial charge is 0.465 e. The van der Waals surface area contributed by atoms with Gasteiger partial charge in [0.15, 0.2) is 11.2 Å². The number of imidazole rings is 1. The van der Waals surface area contributed by atoms with Gasteiger partial charge in [0.25, 0.3) is 5.56 Å². The number of anilines is 1. The number of hydrogen-bond donors (Lipinski definition) is 0. The van der Waals surface area contributed by atoms with Gasteiger partial charge < -0.3 is 14.2 Å². The fraction of sp³-hybridized carbons (Fsp3) is 0.455. The van der Waals surface area contributed by atoms with Gasteiger partial charge in [0, 0.05) is 26.7 Å². The Hall–Kier alpha value is -3.36. The van der Waals surface area contributed by atoms with E-state index in [0.717, 1.165) is 24.1 Å². The Kier molecular flexibility index (Phi) is 5.67. The smallest absolute Gasteiger partial charge is 0.333 e. The zero-order chi connectivity index (χ0) is 22.1. The van der Waals surface area contributed by atoms with Crippen molar-refractivity contribution in [3.05, 3.63) is 56.7 Å². The molecule has 2 aromatic heterocycles. The molecule has 9 nitrogen and oxygen atoms in total. The van der Waals surface area contributed by atoms with E-state index >= 15 is 0 Å². The van der Waals surface area contributed by atoms with Crippen molar-refractivity contribution in [1.82, 2.24) is 18.7 Å². The van der Waals surface area contributed by atoms with Gasteiger partial charge in [-0.05, 0) is 24.8 Å². The summed E-state index contributed by atoms with van der Waals surface area (Å²) in [4.78, 5) is 44.8. The van der Waals surface area contributed by atoms with E-state index in [-0.39, 0.29) is 6.61 Å². The molecule has 0 aliphatic carbocycles. The molecule has 4 rings (SSSR count). The minimum Gasteiger partial charge on any atom is -0.465 e. The van der Waals surface area contributed by atoms with Gasteiger partial charge in [-0.2, -0.15) is 4.98 Å². The molecular weight excluding hydrogens is 398 g/mol. The number of nitrogens with zero attached hydrogens (tertiary/aromatic N) is 5. The second kappa shape index (κ2) is 8.41. The van der Waals surface area contributed by atoms with Gasteiger partial charge in [-0.15, -0.1) is 0 Å². The minimum atomic E-state index is -0.614. The lowest BCUT2D eigenvalue weighted by atomic mass is 10.1. The van der Waals surface area contributed by atoms with E-state index in [4.69, 9.17) is 4.74 Å². The van der Waals surface area contributed by atoms with Crippen LogP contribution in [0.3, 0.4) is 0 Å². The third-order valence-corrected chi connectivity index (χ3v) is 5.63. The Balaban J connectivity index is 1.77. The Labute approximate surface area is 179 Å². The molecule has 0 radical (unpaired) electrons. The topological polar surface area (TPSA) is 91.4 Å². The van der Waals surface area contributed by atoms with Gasteiger partial charge >= 0.3 is 11.7 Å². The lowest BCUT2D eigenvalue weighted by Crippen LogP contribution is -2.42. The average molecular weight is 425 g/mol. The van der Waals surface area contributed by atoms with Gasteiger partial charge in [0.2, 0.25) is 5.95 Å². The number of fused-ring (bicyclic) bond motifs is 3. The van der Waals surface area contributed by atoms with E-state index in [1.165, 1.54) is 10.1 Å². The van der Waals surface area contributed by atoms with Crippen molar-refractivity contribution in [3.8, 4) is 0 Å². The van der Waals surface area contributed by atoms with Gasteiger partial charge in [-0.3, -0.25) is 14.2 Å². The van der Waals surface area contributed by atoms with Crippen LogP contribution in [0, 0.1) is 5.92 Å². The first kappa shape index (κ1) is 20.9. The van der Waals surface area contributed by atoms with Crippen LogP contribution in [0.25, 0.3) is 11.2 Å². The first-order valence-corrected chi connectivity index (χ1v) is 10.5. The molecule has 0 N–H and O–H groups in total. The van der Waals surface area contributed by atoms with Crippen molar-refractivity contribution in [2.45, 2.75) is 33.4 Å². The zero-order valence-corrected chi connectivity index (χ0v) is 18.1. The SMILES string of the molecule is CCOC(=O)Cn1c(=O)c2c(nc3n2C[C@@H](C)CN3CCc2ccccc2)n(C)c1=O. The number of ether oxygens (including phenoxy) is 1. The predicted octanol–water partition coefficient (Wildman–Crippen LogP) is 1.16. The molecule has 164 valence electrons. The molecule has 0 saturated heterocycles. The summed E-state index contributed by atoms with van der Waals surface area (Å²) in [6, 6.07) is 10.2. The summed E-state index contributed by atoms with van der Waals surface area (Å²) in [6.07, 6.45) is 0.850. The maximum absolute atomic E-state index is 13.2. The lowest BCUT2D eigenvalue weighted by molar-refractivity contribution is -0.143. The fourth-order valence-electron chi connectivity index (χ4n) is 4.18. The molecule has 31 heavy (non-hydrogen) atoms. The molecule has 1 atom stereocenters. The molecule has 0 fully saturated rings. The average Bonchev–Trinajstić information content (AvgIpc) is 3.14. The van der Waals surface area contributed by atoms with Crippen LogP contribution in [-0.4, -0.2) is 44.4 Å². The second-order valence-corrected chi connectivity index (χ2v) is 8.02. The van der Waals surface area contributed by atoms with Gasteiger partial charge in [0.1, 0.15) is 6.54 Å². The Bertz CT molecular complexity index is 1220. The second-order valence-electron chi connectivity index (χ2n) is 8.02. The third-order valence-electron chi connectivity index (χ3n) is 5.63. The molecular formula is C22H27N5O4. The van der Waals surface area contributed by atoms with Crippen LogP contribution in [0.15, 0.2) is 39.9 Å². The molecule has 0 spiro atoms. The van der Waals surface area contributed by atoms with Crippen LogP contribution in [0.5, 0.6) is 0 Å². The third kappa shape index (κ3) is 3.87. The zero-order valence-electron chi connectivity index (χ0n) is 18.1. The summed E-state index contributed by atoms with van der Waals surface area (Å²) in [5, 5.41) is 0. The number of esters is 1. The van der Waals surface area contributed by atoms with E-state index in [1.807, 2.05) is 22.8 Å². The summed E-state index contributed by atoms with van der Waals surface area (Å²) in [7, 11) is 1.57. The van der Waals surface area contributed by atoms with Crippen LogP contribution in [0.2, 0.25) is 0 Å². The molecule has 0 bridgehead atoms. The highest BCUT2D eigenvalue weighted by Crippen LogP contribution is 2.26. The van der Waals surface area contributed by atoms with Crippen LogP contribution in [-0.2, 0) is 36.1 Å². The molecule has 3 heterocycles. The highest BCUT2D eigenvalue weighted by molar-refractivity contribution is 5.76. The van der Waals surface area contributed by atoms with Gasteiger partial charge in [-0.25, -0.2) is 9.36 Å². The van der Waals surface area contributed by atoms with Gasteiger partial charge in [0.05, 0.1) is 6.61 Å². The van der Waals surface area contributed by atoms with Crippen LogP contribution in [0.1, 0.15) is 19.4 Å². The van der Waals surface area contributed by atoms with E-state index in [1.54, 1.807) is 14.0 Å². The normalized spacial score (nSPS) is 15.8. The number of hydrogen-bond acceptors (Lipinski definition) is 6. The van der Waals surface area contributed by atoms with E-state index in [0.29, 0.717) is 29.6 Å². The highest BCUT2D eigenvalue weighted by Gasteiger charge is 2.29. The lowest BCUT2D eigenvalue weighted by Gasteiger charge is -2.33. The Morgan fingerprint density at radius 1 is 1.19 bits per heavy atom. The van der Waals surface area contributed by atoms with E-state index in [2.05, 4.69) is 28.9 Å². The van der Waals surface area contributed by atoms with Crippen molar-refractivity contribution in [1.29, 1.82) is 0 Å². The molecule has 0 amide bonds. The summed E-state index contributed by atoms with van der Waals surface area (Å²) in [5.74, 6) is 0.373. The summed E-state index contributed by atoms with van der Waals surface area (Å²) in [6.45, 7) is 5.78. The maximum atomic E-state index is 13.2. The molecule has 1 aromatic carbocycles. The highest BCUT2D eigenvalue weighted by atomic mass is 16.5. The number of carbonyl (C=O) groups is 1. The first-order valence-electron chi connectivity index (χ1n) is 10.5. The fourth-order valence-corrected chi connectivity index (χ4v) is 4.18. The summed E-state index contributed by atoms with van der Waals surface area (Å²) < 4.78 is 9.09. The number of carbonyl (C=O) groups excluding carboxylic acids is 1. The standard InChI is InChI=1S/C22H27N5O4/c1-4-31-17(28)14-27-20(29)18-19(24(3)22(27)30)23-21-25(12-15(2)13-26(18)21)11-10-16-8-6-5-7-9-16/h5-9,15H,4,10-14H2,1-3H3/t15-/m0/s1. The molecule has 1 aliphatic heterocycles. The quantitative estimate of drug-likeness (QED) is 0.551. The number of rotatable bonds is 6. The van der Waals surface area contributed by atoms with Crippen LogP contribution < -0.4 is 16.1 Å². The monoisotopic (exact) mass is 425 g/mol. The molecule has 0 saturated carbocycles. The minimum absolute atomic E-state index is 0.187. The Morgan fingerprint density at radius 2 is 1.94 bits per heavy atom. The molecule has 3 aromatic rings. The number of aryl methyl sites for hydroxylation is 1. The van der Waals surface area contributed by atoms with Crippen molar-refractivity contribution < 1.29 is 9.53 Å².